The molecule has 0 aromatic carbocycles. The van der Waals surface area contributed by atoms with Crippen molar-refractivity contribution >= 4 is 38.1 Å². The first-order valence-electron chi connectivity index (χ1n) is 5.94. The highest BCUT2D eigenvalue weighted by atomic mass is 32.1. The first-order valence-corrected chi connectivity index (χ1v) is 6.76. The highest BCUT2D eigenvalue weighted by Crippen LogP contribution is 2.38. The van der Waals surface area contributed by atoms with Gasteiger partial charge in [-0.2, -0.15) is 0 Å². The monoisotopic (exact) mass is 264 g/mol. The molecule has 5 nitrogen and oxygen atoms in total. The van der Waals surface area contributed by atoms with Crippen LogP contribution in [0.25, 0.3) is 10.2 Å². The summed E-state index contributed by atoms with van der Waals surface area (Å²) < 4.78 is 5.36. The maximum atomic E-state index is 5.98. The SMILES string of the molecule is Cc1cc(N2CCOCC2)nc2sc(N)c(N)c12. The fraction of sp³-hybridized carbons (Fsp3) is 0.417. The zero-order valence-electron chi connectivity index (χ0n) is 10.3. The Balaban J connectivity index is 2.09. The highest BCUT2D eigenvalue weighted by molar-refractivity contribution is 7.23. The van der Waals surface area contributed by atoms with E-state index in [0.29, 0.717) is 10.7 Å². The number of fused-ring (bicyclic) bond motifs is 1. The molecule has 3 rings (SSSR count). The summed E-state index contributed by atoms with van der Waals surface area (Å²) in [6, 6.07) is 2.08. The maximum absolute atomic E-state index is 5.98. The van der Waals surface area contributed by atoms with Crippen LogP contribution < -0.4 is 16.4 Å². The predicted molar refractivity (Wildman–Crippen MR) is 76.2 cm³/mol. The van der Waals surface area contributed by atoms with Gasteiger partial charge in [-0.25, -0.2) is 4.98 Å². The Morgan fingerprint density at radius 2 is 2.06 bits per heavy atom. The van der Waals surface area contributed by atoms with Crippen molar-refractivity contribution in [1.82, 2.24) is 4.98 Å². The fourth-order valence-corrected chi connectivity index (χ4v) is 3.20. The molecule has 0 radical (unpaired) electrons. The molecule has 4 N–H and O–H groups in total. The number of nitrogens with zero attached hydrogens (tertiary/aromatic N) is 2. The van der Waals surface area contributed by atoms with Crippen molar-refractivity contribution in [3.05, 3.63) is 11.6 Å². The minimum Gasteiger partial charge on any atom is -0.396 e. The molecule has 1 fully saturated rings. The Hall–Kier alpha value is -1.53. The van der Waals surface area contributed by atoms with E-state index < -0.39 is 0 Å². The van der Waals surface area contributed by atoms with Gasteiger partial charge in [-0.1, -0.05) is 11.3 Å². The van der Waals surface area contributed by atoms with Crippen LogP contribution >= 0.6 is 11.3 Å². The number of pyridine rings is 1. The molecule has 2 aromatic heterocycles. The summed E-state index contributed by atoms with van der Waals surface area (Å²) in [5.74, 6) is 0.990. The molecule has 6 heteroatoms. The van der Waals surface area contributed by atoms with Gasteiger partial charge < -0.3 is 21.1 Å². The van der Waals surface area contributed by atoms with Crippen LogP contribution in [-0.4, -0.2) is 31.3 Å². The molecule has 2 aromatic rings. The lowest BCUT2D eigenvalue weighted by molar-refractivity contribution is 0.122. The number of hydrogen-bond acceptors (Lipinski definition) is 6. The summed E-state index contributed by atoms with van der Waals surface area (Å²) in [6.07, 6.45) is 0. The summed E-state index contributed by atoms with van der Waals surface area (Å²) in [7, 11) is 0. The number of nitrogen functional groups attached to an aromatic ring is 2. The van der Waals surface area contributed by atoms with Crippen molar-refractivity contribution in [2.45, 2.75) is 6.92 Å². The average Bonchev–Trinajstić information content (AvgIpc) is 2.66. The number of thiophene rings is 1. The molecule has 0 spiro atoms. The maximum Gasteiger partial charge on any atom is 0.130 e. The standard InChI is InChI=1S/C12H16N4OS/c1-7-6-8(16-2-4-17-5-3-16)15-12-9(7)10(13)11(14)18-12/h6H,2-5,13-14H2,1H3. The van der Waals surface area contributed by atoms with Crippen LogP contribution in [0.4, 0.5) is 16.5 Å². The quantitative estimate of drug-likeness (QED) is 0.818. The third kappa shape index (κ3) is 1.77. The van der Waals surface area contributed by atoms with Crippen molar-refractivity contribution in [1.29, 1.82) is 0 Å². The predicted octanol–water partition coefficient (Wildman–Crippen LogP) is 1.61. The Labute approximate surface area is 109 Å². The zero-order chi connectivity index (χ0) is 12.7. The van der Waals surface area contributed by atoms with Crippen molar-refractivity contribution in [3.8, 4) is 0 Å². The van der Waals surface area contributed by atoms with Crippen molar-refractivity contribution < 1.29 is 4.74 Å². The molecule has 0 aliphatic carbocycles. The second kappa shape index (κ2) is 4.29. The zero-order valence-corrected chi connectivity index (χ0v) is 11.1. The number of ether oxygens (including phenoxy) is 1. The van der Waals surface area contributed by atoms with E-state index >= 15 is 0 Å². The van der Waals surface area contributed by atoms with Crippen LogP contribution in [-0.2, 0) is 4.74 Å². The second-order valence-electron chi connectivity index (χ2n) is 4.46. The lowest BCUT2D eigenvalue weighted by atomic mass is 10.2. The number of hydrogen-bond donors (Lipinski definition) is 2. The van der Waals surface area contributed by atoms with Crippen LogP contribution in [0, 0.1) is 6.92 Å². The van der Waals surface area contributed by atoms with E-state index in [0.717, 1.165) is 47.9 Å². The van der Waals surface area contributed by atoms with E-state index in [9.17, 15) is 0 Å². The normalized spacial score (nSPS) is 16.4. The third-order valence-corrected chi connectivity index (χ3v) is 4.17. The average molecular weight is 264 g/mol. The molecule has 1 saturated heterocycles. The van der Waals surface area contributed by atoms with Crippen LogP contribution in [0.5, 0.6) is 0 Å². The molecule has 1 aliphatic heterocycles. The largest absolute Gasteiger partial charge is 0.396 e. The third-order valence-electron chi connectivity index (χ3n) is 3.25. The van der Waals surface area contributed by atoms with Gasteiger partial charge in [0.1, 0.15) is 15.6 Å². The summed E-state index contributed by atoms with van der Waals surface area (Å²) in [5, 5.41) is 1.65. The first-order chi connectivity index (χ1) is 8.66. The summed E-state index contributed by atoms with van der Waals surface area (Å²) >= 11 is 1.45. The Bertz CT molecular complexity index is 589. The van der Waals surface area contributed by atoms with Gasteiger partial charge in [-0.3, -0.25) is 0 Å². The number of rotatable bonds is 1. The first kappa shape index (κ1) is 11.6. The summed E-state index contributed by atoms with van der Waals surface area (Å²) in [5.41, 5.74) is 13.6. The number of nitrogens with two attached hydrogens (primary N) is 2. The number of aryl methyl sites for hydroxylation is 1. The Morgan fingerprint density at radius 3 is 2.78 bits per heavy atom. The molecule has 0 bridgehead atoms. The smallest absolute Gasteiger partial charge is 0.130 e. The van der Waals surface area contributed by atoms with E-state index in [1.807, 2.05) is 0 Å². The molecule has 96 valence electrons. The van der Waals surface area contributed by atoms with E-state index in [1.165, 1.54) is 11.3 Å². The molecule has 3 heterocycles. The number of aromatic nitrogens is 1. The second-order valence-corrected chi connectivity index (χ2v) is 5.49. The van der Waals surface area contributed by atoms with Crippen LogP contribution in [0.15, 0.2) is 6.07 Å². The van der Waals surface area contributed by atoms with E-state index in [1.54, 1.807) is 0 Å². The van der Waals surface area contributed by atoms with Crippen LogP contribution in [0.3, 0.4) is 0 Å². The molecule has 0 unspecified atom stereocenters. The van der Waals surface area contributed by atoms with Gasteiger partial charge in [0, 0.05) is 18.5 Å². The Morgan fingerprint density at radius 1 is 1.33 bits per heavy atom. The molecule has 18 heavy (non-hydrogen) atoms. The lowest BCUT2D eigenvalue weighted by Gasteiger charge is -2.28. The van der Waals surface area contributed by atoms with Crippen molar-refractivity contribution in [3.63, 3.8) is 0 Å². The molecular weight excluding hydrogens is 248 g/mol. The topological polar surface area (TPSA) is 77.4 Å². The van der Waals surface area contributed by atoms with Gasteiger partial charge in [-0.15, -0.1) is 0 Å². The minimum atomic E-state index is 0.653. The fourth-order valence-electron chi connectivity index (χ4n) is 2.26. The lowest BCUT2D eigenvalue weighted by Crippen LogP contribution is -2.36. The van der Waals surface area contributed by atoms with Gasteiger partial charge in [0.25, 0.3) is 0 Å². The molecule has 1 aliphatic rings. The van der Waals surface area contributed by atoms with Gasteiger partial charge in [0.15, 0.2) is 0 Å². The number of anilines is 3. The van der Waals surface area contributed by atoms with E-state index in [2.05, 4.69) is 22.9 Å². The van der Waals surface area contributed by atoms with Gasteiger partial charge in [-0.05, 0) is 18.6 Å². The summed E-state index contributed by atoms with van der Waals surface area (Å²) in [6.45, 7) is 5.33. The van der Waals surface area contributed by atoms with Gasteiger partial charge in [0.05, 0.1) is 18.9 Å². The van der Waals surface area contributed by atoms with E-state index in [-0.39, 0.29) is 0 Å². The summed E-state index contributed by atoms with van der Waals surface area (Å²) in [4.78, 5) is 7.83. The van der Waals surface area contributed by atoms with Crippen LogP contribution in [0.2, 0.25) is 0 Å². The molecule has 0 amide bonds. The molecule has 0 saturated carbocycles. The van der Waals surface area contributed by atoms with Crippen molar-refractivity contribution in [2.75, 3.05) is 42.7 Å². The molecule has 0 atom stereocenters. The van der Waals surface area contributed by atoms with E-state index in [4.69, 9.17) is 16.2 Å². The van der Waals surface area contributed by atoms with Gasteiger partial charge in [0.2, 0.25) is 0 Å². The Kier molecular flexibility index (Phi) is 2.76. The van der Waals surface area contributed by atoms with Gasteiger partial charge >= 0.3 is 0 Å². The number of morpholine rings is 1. The van der Waals surface area contributed by atoms with Crippen LogP contribution in [0.1, 0.15) is 5.56 Å². The highest BCUT2D eigenvalue weighted by Gasteiger charge is 2.17. The minimum absolute atomic E-state index is 0.653. The molecular formula is C12H16N4OS. The van der Waals surface area contributed by atoms with Crippen molar-refractivity contribution in [2.24, 2.45) is 0 Å².